The maximum Gasteiger partial charge on any atom is 0.494 e. The highest BCUT2D eigenvalue weighted by atomic mass is 16.7. The van der Waals surface area contributed by atoms with E-state index in [0.29, 0.717) is 25.3 Å². The number of benzene rings is 2. The van der Waals surface area contributed by atoms with E-state index in [1.165, 1.54) is 0 Å². The van der Waals surface area contributed by atoms with Crippen LogP contribution in [0.2, 0.25) is 0 Å². The van der Waals surface area contributed by atoms with Crippen molar-refractivity contribution in [1.29, 1.82) is 0 Å². The average molecular weight is 505 g/mol. The van der Waals surface area contributed by atoms with Gasteiger partial charge < -0.3 is 24.1 Å². The zero-order chi connectivity index (χ0) is 26.6. The number of carbonyl (C=O) groups is 1. The number of ether oxygens (including phenoxy) is 1. The van der Waals surface area contributed by atoms with E-state index in [2.05, 4.69) is 52.0 Å². The molecule has 2 atom stereocenters. The standard InChI is InChI=1S/C30H40BNO5/c1-27(2,34)20-30(23-10-8-7-9-11-23)18-19-32(26(33)35-30)25(21-12-13-21)22-14-16-24(17-15-22)31-36-28(3,4)29(5,6)37-31/h7-11,14-17,21,25,34H,12-13,18-20H2,1-6H3/t25-,30-/m0/s1. The number of amides is 1. The second kappa shape index (κ2) is 9.14. The summed E-state index contributed by atoms with van der Waals surface area (Å²) >= 11 is 0. The minimum absolute atomic E-state index is 0.0317. The van der Waals surface area contributed by atoms with E-state index >= 15 is 0 Å². The van der Waals surface area contributed by atoms with Gasteiger partial charge in [-0.25, -0.2) is 4.79 Å². The Morgan fingerprint density at radius 2 is 1.59 bits per heavy atom. The van der Waals surface area contributed by atoms with E-state index in [0.717, 1.165) is 29.4 Å². The number of hydrogen-bond donors (Lipinski definition) is 1. The highest BCUT2D eigenvalue weighted by molar-refractivity contribution is 6.62. The van der Waals surface area contributed by atoms with Gasteiger partial charge in [-0.15, -0.1) is 0 Å². The normalized spacial score (nSPS) is 26.2. The maximum atomic E-state index is 13.6. The fourth-order valence-corrected chi connectivity index (χ4v) is 5.74. The molecule has 2 aromatic rings. The zero-order valence-electron chi connectivity index (χ0n) is 23.0. The smallest absolute Gasteiger partial charge is 0.438 e. The van der Waals surface area contributed by atoms with Crippen LogP contribution in [0.25, 0.3) is 0 Å². The van der Waals surface area contributed by atoms with E-state index in [1.54, 1.807) is 13.8 Å². The molecule has 1 aliphatic carbocycles. The fraction of sp³-hybridized carbons (Fsp3) is 0.567. The Hall–Kier alpha value is -2.35. The third kappa shape index (κ3) is 5.18. The quantitative estimate of drug-likeness (QED) is 0.515. The minimum atomic E-state index is -0.975. The lowest BCUT2D eigenvalue weighted by atomic mass is 9.78. The van der Waals surface area contributed by atoms with Crippen molar-refractivity contribution in [1.82, 2.24) is 4.90 Å². The van der Waals surface area contributed by atoms with E-state index in [-0.39, 0.29) is 12.1 Å². The average Bonchev–Trinajstić information content (AvgIpc) is 3.62. The lowest BCUT2D eigenvalue weighted by molar-refractivity contribution is -0.103. The third-order valence-electron chi connectivity index (χ3n) is 8.50. The van der Waals surface area contributed by atoms with Crippen molar-refractivity contribution >= 4 is 18.7 Å². The molecule has 0 radical (unpaired) electrons. The summed E-state index contributed by atoms with van der Waals surface area (Å²) in [4.78, 5) is 15.5. The molecule has 6 nitrogen and oxygen atoms in total. The lowest BCUT2D eigenvalue weighted by Crippen LogP contribution is -2.51. The molecule has 0 unspecified atom stereocenters. The van der Waals surface area contributed by atoms with Gasteiger partial charge >= 0.3 is 13.2 Å². The monoisotopic (exact) mass is 505 g/mol. The number of cyclic esters (lactones) is 1. The fourth-order valence-electron chi connectivity index (χ4n) is 5.74. The van der Waals surface area contributed by atoms with Crippen molar-refractivity contribution in [3.63, 3.8) is 0 Å². The van der Waals surface area contributed by atoms with E-state index < -0.39 is 29.5 Å². The first-order valence-corrected chi connectivity index (χ1v) is 13.5. The predicted molar refractivity (Wildman–Crippen MR) is 144 cm³/mol. The Morgan fingerprint density at radius 3 is 2.11 bits per heavy atom. The van der Waals surface area contributed by atoms with Crippen LogP contribution in [-0.2, 0) is 19.6 Å². The Kier molecular flexibility index (Phi) is 6.49. The van der Waals surface area contributed by atoms with Crippen LogP contribution >= 0.6 is 0 Å². The van der Waals surface area contributed by atoms with Crippen LogP contribution in [0.15, 0.2) is 54.6 Å². The molecule has 3 fully saturated rings. The molecule has 1 N–H and O–H groups in total. The van der Waals surface area contributed by atoms with Crippen molar-refractivity contribution in [2.24, 2.45) is 5.92 Å². The van der Waals surface area contributed by atoms with Gasteiger partial charge in [0.1, 0.15) is 5.60 Å². The van der Waals surface area contributed by atoms with Crippen LogP contribution in [0.4, 0.5) is 4.79 Å². The molecule has 0 spiro atoms. The Balaban J connectivity index is 1.37. The summed E-state index contributed by atoms with van der Waals surface area (Å²) in [5.41, 5.74) is 0.414. The van der Waals surface area contributed by atoms with Crippen molar-refractivity contribution in [2.75, 3.05) is 6.54 Å². The molecule has 37 heavy (non-hydrogen) atoms. The third-order valence-corrected chi connectivity index (χ3v) is 8.50. The van der Waals surface area contributed by atoms with Gasteiger partial charge in [0.05, 0.1) is 22.8 Å². The molecule has 2 heterocycles. The maximum absolute atomic E-state index is 13.6. The number of rotatable bonds is 7. The summed E-state index contributed by atoms with van der Waals surface area (Å²) < 4.78 is 18.7. The number of carbonyl (C=O) groups excluding carboxylic acids is 1. The molecule has 2 aromatic carbocycles. The summed E-state index contributed by atoms with van der Waals surface area (Å²) in [7, 11) is -0.410. The zero-order valence-corrected chi connectivity index (χ0v) is 23.0. The summed E-state index contributed by atoms with van der Waals surface area (Å²) in [5.74, 6) is 0.425. The molecule has 1 saturated carbocycles. The summed E-state index contributed by atoms with van der Waals surface area (Å²) in [6, 6.07) is 18.1. The highest BCUT2D eigenvalue weighted by Crippen LogP contribution is 2.48. The van der Waals surface area contributed by atoms with Crippen LogP contribution < -0.4 is 5.46 Å². The van der Waals surface area contributed by atoms with E-state index in [4.69, 9.17) is 14.0 Å². The molecule has 2 saturated heterocycles. The Labute approximate surface area is 221 Å². The molecular formula is C30H40BNO5. The van der Waals surface area contributed by atoms with Crippen LogP contribution in [0.3, 0.4) is 0 Å². The molecule has 1 amide bonds. The second-order valence-corrected chi connectivity index (χ2v) is 12.7. The van der Waals surface area contributed by atoms with Gasteiger partial charge in [-0.2, -0.15) is 0 Å². The molecule has 0 aromatic heterocycles. The summed E-state index contributed by atoms with van der Waals surface area (Å²) in [6.07, 6.45) is 2.86. The Morgan fingerprint density at radius 1 is 1.00 bits per heavy atom. The molecule has 5 rings (SSSR count). The van der Waals surface area contributed by atoms with E-state index in [1.807, 2.05) is 35.2 Å². The SMILES string of the molecule is CC(C)(O)C[C@]1(c2ccccc2)CCN([C@H](c2ccc(B3OC(C)(C)C(C)(C)O3)cc2)C2CC2)C(=O)O1. The van der Waals surface area contributed by atoms with Crippen LogP contribution in [0, 0.1) is 5.92 Å². The highest BCUT2D eigenvalue weighted by Gasteiger charge is 2.52. The molecule has 0 bridgehead atoms. The second-order valence-electron chi connectivity index (χ2n) is 12.7. The first-order valence-electron chi connectivity index (χ1n) is 13.5. The van der Waals surface area contributed by atoms with Crippen LogP contribution in [0.1, 0.15) is 84.4 Å². The number of aliphatic hydroxyl groups is 1. The number of hydrogen-bond acceptors (Lipinski definition) is 5. The first kappa shape index (κ1) is 26.3. The summed E-state index contributed by atoms with van der Waals surface area (Å²) in [6.45, 7) is 12.3. The molecule has 198 valence electrons. The van der Waals surface area contributed by atoms with Crippen molar-refractivity contribution < 1.29 is 23.9 Å². The minimum Gasteiger partial charge on any atom is -0.438 e. The lowest BCUT2D eigenvalue weighted by Gasteiger charge is -2.46. The largest absolute Gasteiger partial charge is 0.494 e. The van der Waals surface area contributed by atoms with Gasteiger partial charge in [0, 0.05) is 19.4 Å². The first-order chi connectivity index (χ1) is 17.3. The van der Waals surface area contributed by atoms with Crippen LogP contribution in [0.5, 0.6) is 0 Å². The molecule has 2 aliphatic heterocycles. The van der Waals surface area contributed by atoms with Gasteiger partial charge in [0.15, 0.2) is 0 Å². The Bertz CT molecular complexity index is 1110. The molecule has 3 aliphatic rings. The number of nitrogens with zero attached hydrogens (tertiary/aromatic N) is 1. The topological polar surface area (TPSA) is 68.2 Å². The van der Waals surface area contributed by atoms with Crippen molar-refractivity contribution in [3.8, 4) is 0 Å². The van der Waals surface area contributed by atoms with Gasteiger partial charge in [0.2, 0.25) is 0 Å². The van der Waals surface area contributed by atoms with Gasteiger partial charge in [-0.1, -0.05) is 54.6 Å². The van der Waals surface area contributed by atoms with Crippen molar-refractivity contribution in [3.05, 3.63) is 65.7 Å². The summed E-state index contributed by atoms with van der Waals surface area (Å²) in [5, 5.41) is 10.7. The van der Waals surface area contributed by atoms with Crippen molar-refractivity contribution in [2.45, 2.75) is 95.7 Å². The molecule has 7 heteroatoms. The van der Waals surface area contributed by atoms with Crippen LogP contribution in [-0.4, -0.2) is 46.6 Å². The van der Waals surface area contributed by atoms with Gasteiger partial charge in [-0.05, 0) is 76.9 Å². The van der Waals surface area contributed by atoms with Gasteiger partial charge in [0.25, 0.3) is 0 Å². The predicted octanol–water partition coefficient (Wildman–Crippen LogP) is 5.34. The van der Waals surface area contributed by atoms with E-state index in [9.17, 15) is 9.90 Å². The molecular weight excluding hydrogens is 465 g/mol. The van der Waals surface area contributed by atoms with Gasteiger partial charge in [-0.3, -0.25) is 0 Å².